The van der Waals surface area contributed by atoms with Crippen molar-refractivity contribution in [2.24, 2.45) is 0 Å². The lowest BCUT2D eigenvalue weighted by Crippen LogP contribution is -2.39. The summed E-state index contributed by atoms with van der Waals surface area (Å²) in [6, 6.07) is 12.4. The third kappa shape index (κ3) is 7.48. The van der Waals surface area contributed by atoms with Gasteiger partial charge in [-0.3, -0.25) is 9.69 Å². The highest BCUT2D eigenvalue weighted by atomic mass is 19.4. The summed E-state index contributed by atoms with van der Waals surface area (Å²) in [5.74, 6) is 1.22. The second-order valence-electron chi connectivity index (χ2n) is 10.4. The highest BCUT2D eigenvalue weighted by molar-refractivity contribution is 6.04. The van der Waals surface area contributed by atoms with Crippen molar-refractivity contribution in [3.8, 4) is 5.82 Å². The van der Waals surface area contributed by atoms with Crippen LogP contribution in [0, 0.1) is 20.8 Å². The van der Waals surface area contributed by atoms with Crippen LogP contribution >= 0.6 is 0 Å². The van der Waals surface area contributed by atoms with Crippen molar-refractivity contribution in [1.82, 2.24) is 24.6 Å². The summed E-state index contributed by atoms with van der Waals surface area (Å²) in [6.45, 7) is 10.0. The topological polar surface area (TPSA) is 109 Å². The normalized spacial score (nSPS) is 14.0. The van der Waals surface area contributed by atoms with Gasteiger partial charge in [-0.15, -0.1) is 0 Å². The molecule has 0 spiro atoms. The Labute approximate surface area is 247 Å². The van der Waals surface area contributed by atoms with Crippen LogP contribution in [0.4, 0.5) is 36.2 Å². The van der Waals surface area contributed by atoms with Gasteiger partial charge >= 0.3 is 6.18 Å². The monoisotopic (exact) mass is 594 g/mol. The predicted octanol–water partition coefficient (Wildman–Crippen LogP) is 5.35. The van der Waals surface area contributed by atoms with E-state index in [9.17, 15) is 18.0 Å². The molecule has 2 aromatic heterocycles. The maximum atomic E-state index is 13.4. The van der Waals surface area contributed by atoms with Gasteiger partial charge in [-0.2, -0.15) is 23.0 Å². The van der Waals surface area contributed by atoms with Crippen LogP contribution in [-0.2, 0) is 10.9 Å². The molecule has 1 saturated heterocycles. The minimum Gasteiger partial charge on any atom is -0.379 e. The zero-order valence-corrected chi connectivity index (χ0v) is 24.1. The van der Waals surface area contributed by atoms with Gasteiger partial charge in [0.2, 0.25) is 0 Å². The number of hydrogen-bond donors (Lipinski definition) is 3. The summed E-state index contributed by atoms with van der Waals surface area (Å²) >= 11 is 0. The zero-order valence-electron chi connectivity index (χ0n) is 24.1. The van der Waals surface area contributed by atoms with Crippen LogP contribution in [0.15, 0.2) is 54.9 Å². The average Bonchev–Trinajstić information content (AvgIpc) is 3.35. The quantitative estimate of drug-likeness (QED) is 0.238. The van der Waals surface area contributed by atoms with Crippen LogP contribution in [0.25, 0.3) is 5.82 Å². The molecule has 3 heterocycles. The Morgan fingerprint density at radius 3 is 2.51 bits per heavy atom. The van der Waals surface area contributed by atoms with E-state index in [2.05, 4.69) is 35.9 Å². The van der Waals surface area contributed by atoms with E-state index in [1.54, 1.807) is 16.8 Å². The molecule has 0 unspecified atom stereocenters. The fourth-order valence-electron chi connectivity index (χ4n) is 4.73. The van der Waals surface area contributed by atoms with Crippen LogP contribution in [-0.4, -0.2) is 69.9 Å². The van der Waals surface area contributed by atoms with E-state index in [0.29, 0.717) is 28.8 Å². The van der Waals surface area contributed by atoms with Crippen LogP contribution in [0.2, 0.25) is 0 Å². The maximum Gasteiger partial charge on any atom is 0.416 e. The van der Waals surface area contributed by atoms with Crippen LogP contribution in [0.3, 0.4) is 0 Å². The van der Waals surface area contributed by atoms with Gasteiger partial charge in [0.05, 0.1) is 24.5 Å². The molecule has 226 valence electrons. The maximum absolute atomic E-state index is 13.4. The fourth-order valence-corrected chi connectivity index (χ4v) is 4.73. The highest BCUT2D eigenvalue weighted by Gasteiger charge is 2.33. The molecule has 1 aliphatic rings. The molecule has 1 fully saturated rings. The summed E-state index contributed by atoms with van der Waals surface area (Å²) in [5, 5.41) is 14.0. The smallest absolute Gasteiger partial charge is 0.379 e. The van der Waals surface area contributed by atoms with E-state index in [1.165, 1.54) is 25.4 Å². The number of aromatic nitrogens is 4. The van der Waals surface area contributed by atoms with Crippen LogP contribution in [0.1, 0.15) is 32.7 Å². The molecule has 43 heavy (non-hydrogen) atoms. The fraction of sp³-hybridized carbons (Fsp3) is 0.333. The molecule has 4 aromatic rings. The van der Waals surface area contributed by atoms with E-state index in [-0.39, 0.29) is 11.1 Å². The lowest BCUT2D eigenvalue weighted by molar-refractivity contribution is -0.138. The van der Waals surface area contributed by atoms with Gasteiger partial charge in [-0.05, 0) is 56.2 Å². The number of amides is 1. The van der Waals surface area contributed by atoms with E-state index in [1.807, 2.05) is 32.0 Å². The lowest BCUT2D eigenvalue weighted by atomic mass is 10.0. The molecule has 10 nitrogen and oxygen atoms in total. The molecule has 0 saturated carbocycles. The van der Waals surface area contributed by atoms with E-state index in [0.717, 1.165) is 56.7 Å². The molecule has 0 atom stereocenters. The number of morpholine rings is 1. The van der Waals surface area contributed by atoms with Gasteiger partial charge < -0.3 is 20.7 Å². The average molecular weight is 595 g/mol. The number of hydrogen-bond acceptors (Lipinski definition) is 8. The van der Waals surface area contributed by atoms with Gasteiger partial charge in [0.1, 0.15) is 18.0 Å². The number of ether oxygens (including phenoxy) is 1. The number of anilines is 4. The van der Waals surface area contributed by atoms with Gasteiger partial charge in [-0.1, -0.05) is 12.1 Å². The van der Waals surface area contributed by atoms with Gasteiger partial charge in [0.25, 0.3) is 5.91 Å². The third-order valence-corrected chi connectivity index (χ3v) is 7.10. The standard InChI is InChI=1S/C30H33F3N8O2/c1-19-4-6-22(15-24(19)30(31,32)33)29(42)37-23-7-5-20(2)25(16-23)38-28-14-21(3)39-41(28)27-17-26(35-18-36-27)34-8-9-40-10-12-43-13-11-40/h4-7,14-18,38H,8-13H2,1-3H3,(H,37,42)(H,34,35,36). The largest absolute Gasteiger partial charge is 0.416 e. The lowest BCUT2D eigenvalue weighted by Gasteiger charge is -2.26. The highest BCUT2D eigenvalue weighted by Crippen LogP contribution is 2.33. The molecule has 0 aliphatic carbocycles. The number of aryl methyl sites for hydroxylation is 3. The Kier molecular flexibility index (Phi) is 8.92. The molecule has 1 aliphatic heterocycles. The number of alkyl halides is 3. The van der Waals surface area contributed by atoms with Crippen molar-refractivity contribution in [1.29, 1.82) is 0 Å². The zero-order chi connectivity index (χ0) is 30.6. The molecule has 5 rings (SSSR count). The SMILES string of the molecule is Cc1cc(Nc2cc(NC(=O)c3ccc(C)c(C(F)(F)F)c3)ccc2C)n(-c2cc(NCCN3CCOCC3)ncn2)n1. The van der Waals surface area contributed by atoms with Crippen molar-refractivity contribution in [2.45, 2.75) is 26.9 Å². The summed E-state index contributed by atoms with van der Waals surface area (Å²) in [4.78, 5) is 23.9. The summed E-state index contributed by atoms with van der Waals surface area (Å²) < 4.78 is 47.2. The molecule has 0 bridgehead atoms. The molecule has 13 heteroatoms. The van der Waals surface area contributed by atoms with Crippen molar-refractivity contribution >= 4 is 28.9 Å². The Balaban J connectivity index is 1.30. The first-order valence-electron chi connectivity index (χ1n) is 13.9. The number of nitrogens with zero attached hydrogens (tertiary/aromatic N) is 5. The summed E-state index contributed by atoms with van der Waals surface area (Å²) in [7, 11) is 0. The Morgan fingerprint density at radius 2 is 1.74 bits per heavy atom. The molecular formula is C30H33F3N8O2. The molecule has 0 radical (unpaired) electrons. The first-order valence-corrected chi connectivity index (χ1v) is 13.9. The minimum atomic E-state index is -4.55. The Hall–Kier alpha value is -4.49. The second-order valence-corrected chi connectivity index (χ2v) is 10.4. The number of benzene rings is 2. The first-order chi connectivity index (χ1) is 20.6. The van der Waals surface area contributed by atoms with E-state index < -0.39 is 17.6 Å². The van der Waals surface area contributed by atoms with E-state index >= 15 is 0 Å². The molecule has 1 amide bonds. The Bertz CT molecular complexity index is 1600. The first kappa shape index (κ1) is 30.0. The van der Waals surface area contributed by atoms with E-state index in [4.69, 9.17) is 4.74 Å². The Morgan fingerprint density at radius 1 is 0.977 bits per heavy atom. The van der Waals surface area contributed by atoms with Crippen LogP contribution < -0.4 is 16.0 Å². The molecule has 3 N–H and O–H groups in total. The second kappa shape index (κ2) is 12.8. The minimum absolute atomic E-state index is 0.0531. The molecular weight excluding hydrogens is 561 g/mol. The molecule has 2 aromatic carbocycles. The number of halogens is 3. The number of nitrogens with one attached hydrogen (secondary N) is 3. The number of rotatable bonds is 9. The van der Waals surface area contributed by atoms with Crippen molar-refractivity contribution in [3.63, 3.8) is 0 Å². The van der Waals surface area contributed by atoms with Crippen molar-refractivity contribution < 1.29 is 22.7 Å². The summed E-state index contributed by atoms with van der Waals surface area (Å²) in [6.07, 6.45) is -3.07. The van der Waals surface area contributed by atoms with Gasteiger partial charge in [0, 0.05) is 55.2 Å². The van der Waals surface area contributed by atoms with Crippen molar-refractivity contribution in [3.05, 3.63) is 82.8 Å². The van der Waals surface area contributed by atoms with Crippen molar-refractivity contribution in [2.75, 3.05) is 55.3 Å². The van der Waals surface area contributed by atoms with Crippen LogP contribution in [0.5, 0.6) is 0 Å². The number of carbonyl (C=O) groups excluding carboxylic acids is 1. The summed E-state index contributed by atoms with van der Waals surface area (Å²) in [5.41, 5.74) is 1.86. The number of carbonyl (C=O) groups is 1. The predicted molar refractivity (Wildman–Crippen MR) is 158 cm³/mol. The van der Waals surface area contributed by atoms with Gasteiger partial charge in [-0.25, -0.2) is 9.97 Å². The third-order valence-electron chi connectivity index (χ3n) is 7.10. The van der Waals surface area contributed by atoms with Gasteiger partial charge in [0.15, 0.2) is 5.82 Å².